The van der Waals surface area contributed by atoms with Crippen molar-refractivity contribution >= 4 is 21.8 Å². The molecule has 0 unspecified atom stereocenters. The van der Waals surface area contributed by atoms with E-state index in [-0.39, 0.29) is 50.3 Å². The van der Waals surface area contributed by atoms with E-state index in [1.807, 2.05) is 13.0 Å². The molecule has 0 spiro atoms. The van der Waals surface area contributed by atoms with Crippen LogP contribution >= 0.6 is 0 Å². The van der Waals surface area contributed by atoms with Gasteiger partial charge in [0.1, 0.15) is 0 Å². The van der Waals surface area contributed by atoms with Gasteiger partial charge in [-0.15, -0.1) is 0 Å². The van der Waals surface area contributed by atoms with Crippen molar-refractivity contribution in [2.45, 2.75) is 18.7 Å². The van der Waals surface area contributed by atoms with Crippen molar-refractivity contribution in [1.82, 2.24) is 14.1 Å². The number of hydrogen-bond acceptors (Lipinski definition) is 5. The first kappa shape index (κ1) is 21.1. The Morgan fingerprint density at radius 1 is 1.10 bits per heavy atom. The average Bonchev–Trinajstić information content (AvgIpc) is 3.24. The molecule has 0 radical (unpaired) electrons. The quantitative estimate of drug-likeness (QED) is 0.733. The third-order valence-corrected chi connectivity index (χ3v) is 7.04. The minimum absolute atomic E-state index is 0.0940. The summed E-state index contributed by atoms with van der Waals surface area (Å²) in [6.07, 6.45) is 1.40. The molecule has 1 aromatic heterocycles. The van der Waals surface area contributed by atoms with Crippen LogP contribution < -0.4 is 0 Å². The van der Waals surface area contributed by atoms with Crippen molar-refractivity contribution in [1.29, 1.82) is 0 Å². The lowest BCUT2D eigenvalue weighted by Crippen LogP contribution is -2.52. The number of aryl methyl sites for hydroxylation is 2. The van der Waals surface area contributed by atoms with Crippen LogP contribution in [-0.4, -0.2) is 74.1 Å². The van der Waals surface area contributed by atoms with Gasteiger partial charge < -0.3 is 14.2 Å². The fourth-order valence-corrected chi connectivity index (χ4v) is 5.00. The maximum Gasteiger partial charge on any atom is 0.289 e. The Hall–Kier alpha value is -2.65. The molecule has 0 atom stereocenters. The predicted octanol–water partition coefficient (Wildman–Crippen LogP) is 1.50. The maximum absolute atomic E-state index is 13.0. The Morgan fingerprint density at radius 3 is 2.41 bits per heavy atom. The lowest BCUT2D eigenvalue weighted by Gasteiger charge is -2.35. The van der Waals surface area contributed by atoms with Crippen molar-refractivity contribution in [3.8, 4) is 0 Å². The number of amides is 2. The van der Waals surface area contributed by atoms with Gasteiger partial charge >= 0.3 is 0 Å². The summed E-state index contributed by atoms with van der Waals surface area (Å²) in [5, 5.41) is 0. The van der Waals surface area contributed by atoms with Crippen LogP contribution in [0.5, 0.6) is 0 Å². The monoisotopic (exact) mass is 419 g/mol. The van der Waals surface area contributed by atoms with E-state index >= 15 is 0 Å². The van der Waals surface area contributed by atoms with E-state index in [0.29, 0.717) is 10.5 Å². The number of furan rings is 1. The van der Waals surface area contributed by atoms with Gasteiger partial charge in [-0.3, -0.25) is 9.59 Å². The van der Waals surface area contributed by atoms with Gasteiger partial charge in [-0.1, -0.05) is 12.1 Å². The standard InChI is InChI=1S/C20H25N3O5S/c1-15-6-7-16(2)18(13-15)29(26,27)23-10-8-22(9-11-23)19(24)14-21(3)20(25)17-5-4-12-28-17/h4-7,12-13H,8-11,14H2,1-3H3. The maximum atomic E-state index is 13.0. The van der Waals surface area contributed by atoms with Crippen molar-refractivity contribution in [2.24, 2.45) is 0 Å². The largest absolute Gasteiger partial charge is 0.459 e. The minimum Gasteiger partial charge on any atom is -0.459 e. The van der Waals surface area contributed by atoms with E-state index in [1.165, 1.54) is 22.5 Å². The Labute approximate surface area is 170 Å². The van der Waals surface area contributed by atoms with Gasteiger partial charge in [-0.25, -0.2) is 8.42 Å². The normalized spacial score (nSPS) is 15.3. The Kier molecular flexibility index (Phi) is 6.09. The Balaban J connectivity index is 1.60. The number of sulfonamides is 1. The van der Waals surface area contributed by atoms with Gasteiger partial charge in [-0.2, -0.15) is 4.31 Å². The van der Waals surface area contributed by atoms with Gasteiger partial charge in [0.15, 0.2) is 5.76 Å². The molecule has 2 amide bonds. The van der Waals surface area contributed by atoms with E-state index in [0.717, 1.165) is 5.56 Å². The molecular weight excluding hydrogens is 394 g/mol. The molecule has 156 valence electrons. The molecule has 2 aromatic rings. The highest BCUT2D eigenvalue weighted by Gasteiger charge is 2.31. The molecule has 0 N–H and O–H groups in total. The van der Waals surface area contributed by atoms with Crippen LogP contribution in [0, 0.1) is 13.8 Å². The van der Waals surface area contributed by atoms with Gasteiger partial charge in [0.05, 0.1) is 17.7 Å². The zero-order valence-corrected chi connectivity index (χ0v) is 17.6. The van der Waals surface area contributed by atoms with Crippen LogP contribution in [0.4, 0.5) is 0 Å². The highest BCUT2D eigenvalue weighted by molar-refractivity contribution is 7.89. The van der Waals surface area contributed by atoms with E-state index in [9.17, 15) is 18.0 Å². The second-order valence-corrected chi connectivity index (χ2v) is 9.10. The third kappa shape index (κ3) is 4.51. The molecule has 1 aromatic carbocycles. The molecule has 1 aliphatic heterocycles. The molecule has 2 heterocycles. The molecule has 0 saturated carbocycles. The van der Waals surface area contributed by atoms with Crippen molar-refractivity contribution < 1.29 is 22.4 Å². The van der Waals surface area contributed by atoms with Crippen LogP contribution in [0.15, 0.2) is 45.9 Å². The molecule has 1 aliphatic rings. The van der Waals surface area contributed by atoms with Crippen LogP contribution in [0.3, 0.4) is 0 Å². The Morgan fingerprint density at radius 2 is 1.79 bits per heavy atom. The zero-order chi connectivity index (χ0) is 21.2. The number of hydrogen-bond donors (Lipinski definition) is 0. The average molecular weight is 420 g/mol. The van der Waals surface area contributed by atoms with Gasteiger partial charge in [-0.05, 0) is 43.2 Å². The number of piperazine rings is 1. The van der Waals surface area contributed by atoms with E-state index in [4.69, 9.17) is 4.42 Å². The summed E-state index contributed by atoms with van der Waals surface area (Å²) >= 11 is 0. The number of carbonyl (C=O) groups excluding carboxylic acids is 2. The van der Waals surface area contributed by atoms with Crippen molar-refractivity contribution in [3.63, 3.8) is 0 Å². The topological polar surface area (TPSA) is 91.1 Å². The fraction of sp³-hybridized carbons (Fsp3) is 0.400. The molecule has 29 heavy (non-hydrogen) atoms. The second-order valence-electron chi connectivity index (χ2n) is 7.19. The summed E-state index contributed by atoms with van der Waals surface area (Å²) in [4.78, 5) is 27.9. The SMILES string of the molecule is Cc1ccc(C)c(S(=O)(=O)N2CCN(C(=O)CN(C)C(=O)c3ccco3)CC2)c1. The molecule has 1 saturated heterocycles. The molecule has 8 nitrogen and oxygen atoms in total. The van der Waals surface area contributed by atoms with Gasteiger partial charge in [0.2, 0.25) is 15.9 Å². The summed E-state index contributed by atoms with van der Waals surface area (Å²) in [5.74, 6) is -0.430. The molecule has 0 bridgehead atoms. The summed E-state index contributed by atoms with van der Waals surface area (Å²) in [5.41, 5.74) is 1.58. The summed E-state index contributed by atoms with van der Waals surface area (Å²) in [7, 11) is -2.08. The second kappa shape index (κ2) is 8.38. The number of likely N-dealkylation sites (N-methyl/N-ethyl adjacent to an activating group) is 1. The first-order valence-electron chi connectivity index (χ1n) is 9.34. The van der Waals surface area contributed by atoms with Crippen molar-refractivity contribution in [3.05, 3.63) is 53.5 Å². The zero-order valence-electron chi connectivity index (χ0n) is 16.8. The lowest BCUT2D eigenvalue weighted by molar-refractivity contribution is -0.132. The molecule has 0 aliphatic carbocycles. The van der Waals surface area contributed by atoms with Crippen LogP contribution in [0.25, 0.3) is 0 Å². The lowest BCUT2D eigenvalue weighted by atomic mass is 10.2. The number of benzene rings is 1. The first-order valence-corrected chi connectivity index (χ1v) is 10.8. The number of rotatable bonds is 5. The van der Waals surface area contributed by atoms with E-state index in [2.05, 4.69) is 0 Å². The summed E-state index contributed by atoms with van der Waals surface area (Å²) in [6, 6.07) is 8.51. The highest BCUT2D eigenvalue weighted by Crippen LogP contribution is 2.22. The highest BCUT2D eigenvalue weighted by atomic mass is 32.2. The summed E-state index contributed by atoms with van der Waals surface area (Å²) in [6.45, 7) is 4.54. The summed E-state index contributed by atoms with van der Waals surface area (Å²) < 4.78 is 32.5. The van der Waals surface area contributed by atoms with Gasteiger partial charge in [0.25, 0.3) is 5.91 Å². The minimum atomic E-state index is -3.61. The van der Waals surface area contributed by atoms with Gasteiger partial charge in [0, 0.05) is 33.2 Å². The molecular formula is C20H25N3O5S. The Bertz CT molecular complexity index is 993. The van der Waals surface area contributed by atoms with Crippen LogP contribution in [-0.2, 0) is 14.8 Å². The number of nitrogens with zero attached hydrogens (tertiary/aromatic N) is 3. The molecule has 9 heteroatoms. The number of carbonyl (C=O) groups is 2. The van der Waals surface area contributed by atoms with Crippen LogP contribution in [0.2, 0.25) is 0 Å². The van der Waals surface area contributed by atoms with Crippen molar-refractivity contribution in [2.75, 3.05) is 39.8 Å². The molecule has 1 fully saturated rings. The fourth-order valence-electron chi connectivity index (χ4n) is 3.27. The van der Waals surface area contributed by atoms with Crippen LogP contribution in [0.1, 0.15) is 21.7 Å². The molecule has 3 rings (SSSR count). The predicted molar refractivity (Wildman–Crippen MR) is 107 cm³/mol. The third-order valence-electron chi connectivity index (χ3n) is 5.00. The first-order chi connectivity index (χ1) is 13.7. The smallest absolute Gasteiger partial charge is 0.289 e. The van der Waals surface area contributed by atoms with E-state index in [1.54, 1.807) is 36.1 Å². The van der Waals surface area contributed by atoms with E-state index < -0.39 is 10.0 Å².